The van der Waals surface area contributed by atoms with Crippen LogP contribution >= 0.6 is 24.0 Å². The largest absolute Gasteiger partial charge is 0.450 e. The number of ether oxygens (including phenoxy) is 1. The Kier molecular flexibility index (Phi) is 12.4. The Balaban J connectivity index is 0.00000576. The molecule has 1 saturated heterocycles. The zero-order valence-corrected chi connectivity index (χ0v) is 18.0. The van der Waals surface area contributed by atoms with Gasteiger partial charge in [-0.25, -0.2) is 9.79 Å². The Labute approximate surface area is 167 Å². The third-order valence-electron chi connectivity index (χ3n) is 3.78. The number of guanidine groups is 1. The van der Waals surface area contributed by atoms with Gasteiger partial charge in [-0.05, 0) is 26.2 Å². The molecule has 1 heterocycles. The van der Waals surface area contributed by atoms with Crippen LogP contribution in [0.2, 0.25) is 0 Å². The van der Waals surface area contributed by atoms with Crippen molar-refractivity contribution in [2.75, 3.05) is 46.9 Å². The summed E-state index contributed by atoms with van der Waals surface area (Å²) in [5, 5.41) is 6.59. The molecule has 25 heavy (non-hydrogen) atoms. The normalized spacial score (nSPS) is 15.2. The smallest absolute Gasteiger partial charge is 0.409 e. The highest BCUT2D eigenvalue weighted by atomic mass is 127. The minimum absolute atomic E-state index is 0. The van der Waals surface area contributed by atoms with Crippen molar-refractivity contribution in [2.24, 2.45) is 4.99 Å². The van der Waals surface area contributed by atoms with E-state index in [0.29, 0.717) is 25.7 Å². The van der Waals surface area contributed by atoms with Crippen LogP contribution in [-0.4, -0.2) is 80.7 Å². The first-order valence-electron chi connectivity index (χ1n) is 8.64. The number of carbonyl (C=O) groups excluding carboxylic acids is 2. The van der Waals surface area contributed by atoms with Gasteiger partial charge in [0.1, 0.15) is 6.54 Å². The van der Waals surface area contributed by atoms with Gasteiger partial charge in [0, 0.05) is 39.8 Å². The van der Waals surface area contributed by atoms with Crippen LogP contribution in [0, 0.1) is 0 Å². The molecule has 0 aromatic carbocycles. The molecule has 0 unspecified atom stereocenters. The molecule has 0 spiro atoms. The van der Waals surface area contributed by atoms with Crippen molar-refractivity contribution in [2.45, 2.75) is 39.2 Å². The summed E-state index contributed by atoms with van der Waals surface area (Å²) < 4.78 is 5.03. The Bertz CT molecular complexity index is 437. The number of carbonyl (C=O) groups is 2. The minimum atomic E-state index is -0.245. The predicted octanol–water partition coefficient (Wildman–Crippen LogP) is 1.26. The summed E-state index contributed by atoms with van der Waals surface area (Å²) in [6, 6.07) is 0.230. The van der Waals surface area contributed by atoms with E-state index in [4.69, 9.17) is 4.74 Å². The van der Waals surface area contributed by atoms with E-state index in [1.165, 1.54) is 4.90 Å². The molecular formula is C16H32IN5O3. The van der Waals surface area contributed by atoms with Crippen LogP contribution in [0.4, 0.5) is 4.79 Å². The number of nitrogens with one attached hydrogen (secondary N) is 2. The van der Waals surface area contributed by atoms with Gasteiger partial charge in [0.2, 0.25) is 5.91 Å². The van der Waals surface area contributed by atoms with E-state index >= 15 is 0 Å². The quantitative estimate of drug-likeness (QED) is 0.348. The molecule has 0 radical (unpaired) electrons. The van der Waals surface area contributed by atoms with Crippen LogP contribution in [-0.2, 0) is 9.53 Å². The zero-order valence-electron chi connectivity index (χ0n) is 15.7. The number of nitrogens with zero attached hydrogens (tertiary/aromatic N) is 3. The fourth-order valence-electron chi connectivity index (χ4n) is 2.30. The summed E-state index contributed by atoms with van der Waals surface area (Å²) in [5.74, 6) is 0.617. The Morgan fingerprint density at radius 3 is 2.40 bits per heavy atom. The lowest BCUT2D eigenvalue weighted by molar-refractivity contribution is -0.127. The number of aliphatic imine (C=N–C) groups is 1. The Morgan fingerprint density at radius 1 is 1.24 bits per heavy atom. The van der Waals surface area contributed by atoms with Crippen LogP contribution in [0.1, 0.15) is 33.1 Å². The van der Waals surface area contributed by atoms with Crippen molar-refractivity contribution in [1.29, 1.82) is 0 Å². The third-order valence-corrected chi connectivity index (χ3v) is 3.78. The molecule has 8 nitrogen and oxygen atoms in total. The van der Waals surface area contributed by atoms with Gasteiger partial charge in [0.25, 0.3) is 0 Å². The molecule has 1 aliphatic heterocycles. The lowest BCUT2D eigenvalue weighted by Crippen LogP contribution is -2.50. The van der Waals surface area contributed by atoms with Gasteiger partial charge in [0.15, 0.2) is 5.96 Å². The summed E-state index contributed by atoms with van der Waals surface area (Å²) >= 11 is 0. The molecule has 2 N–H and O–H groups in total. The van der Waals surface area contributed by atoms with Crippen molar-refractivity contribution in [3.8, 4) is 0 Å². The summed E-state index contributed by atoms with van der Waals surface area (Å²) in [5.41, 5.74) is 0. The van der Waals surface area contributed by atoms with Gasteiger partial charge in [0.05, 0.1) is 6.61 Å². The van der Waals surface area contributed by atoms with Crippen molar-refractivity contribution in [1.82, 2.24) is 20.4 Å². The second-order valence-corrected chi connectivity index (χ2v) is 5.98. The summed E-state index contributed by atoms with van der Waals surface area (Å²) in [6.45, 7) is 6.52. The molecule has 1 fully saturated rings. The topological polar surface area (TPSA) is 86.3 Å². The summed E-state index contributed by atoms with van der Waals surface area (Å²) in [7, 11) is 3.44. The summed E-state index contributed by atoms with van der Waals surface area (Å²) in [4.78, 5) is 31.0. The highest BCUT2D eigenvalue weighted by Gasteiger charge is 2.24. The molecule has 0 aromatic rings. The average Bonchev–Trinajstić information content (AvgIpc) is 2.57. The van der Waals surface area contributed by atoms with E-state index in [2.05, 4.69) is 22.5 Å². The van der Waals surface area contributed by atoms with E-state index in [0.717, 1.165) is 25.8 Å². The van der Waals surface area contributed by atoms with Crippen molar-refractivity contribution in [3.63, 3.8) is 0 Å². The van der Waals surface area contributed by atoms with Gasteiger partial charge < -0.3 is 25.2 Å². The standard InChI is InChI=1S/C16H31N5O3.HI/c1-5-9-17-15(18-12-14(22)20(3)4)19-13-7-10-21(11-8-13)16(23)24-6-2;/h13H,5-12H2,1-4H3,(H2,17,18,19);1H. The van der Waals surface area contributed by atoms with Crippen LogP contribution in [0.3, 0.4) is 0 Å². The number of likely N-dealkylation sites (tertiary alicyclic amines) is 1. The molecule has 1 rings (SSSR count). The van der Waals surface area contributed by atoms with E-state index in [9.17, 15) is 9.59 Å². The monoisotopic (exact) mass is 469 g/mol. The van der Waals surface area contributed by atoms with Crippen LogP contribution < -0.4 is 10.6 Å². The maximum absolute atomic E-state index is 11.7. The molecule has 9 heteroatoms. The fraction of sp³-hybridized carbons (Fsp3) is 0.812. The van der Waals surface area contributed by atoms with Crippen LogP contribution in [0.25, 0.3) is 0 Å². The highest BCUT2D eigenvalue weighted by Crippen LogP contribution is 2.11. The molecule has 0 saturated carbocycles. The maximum atomic E-state index is 11.7. The molecule has 0 atom stereocenters. The Morgan fingerprint density at radius 2 is 1.88 bits per heavy atom. The van der Waals surface area contributed by atoms with Crippen molar-refractivity contribution >= 4 is 41.9 Å². The number of hydrogen-bond acceptors (Lipinski definition) is 4. The number of hydrogen-bond donors (Lipinski definition) is 2. The molecular weight excluding hydrogens is 437 g/mol. The van der Waals surface area contributed by atoms with Gasteiger partial charge in [-0.2, -0.15) is 0 Å². The second kappa shape index (κ2) is 13.0. The van der Waals surface area contributed by atoms with Crippen molar-refractivity contribution < 1.29 is 14.3 Å². The third kappa shape index (κ3) is 9.13. The highest BCUT2D eigenvalue weighted by molar-refractivity contribution is 14.0. The molecule has 1 aliphatic rings. The molecule has 146 valence electrons. The number of amides is 2. The first kappa shape index (κ1) is 23.7. The predicted molar refractivity (Wildman–Crippen MR) is 109 cm³/mol. The first-order chi connectivity index (χ1) is 11.5. The number of piperidine rings is 1. The molecule has 2 amide bonds. The first-order valence-corrected chi connectivity index (χ1v) is 8.64. The van der Waals surface area contributed by atoms with E-state index in [1.54, 1.807) is 19.0 Å². The molecule has 0 bridgehead atoms. The number of rotatable bonds is 6. The van der Waals surface area contributed by atoms with Crippen molar-refractivity contribution in [3.05, 3.63) is 0 Å². The number of likely N-dealkylation sites (N-methyl/N-ethyl adjacent to an activating group) is 1. The second-order valence-electron chi connectivity index (χ2n) is 5.98. The maximum Gasteiger partial charge on any atom is 0.409 e. The van der Waals surface area contributed by atoms with E-state index < -0.39 is 0 Å². The van der Waals surface area contributed by atoms with Crippen LogP contribution in [0.5, 0.6) is 0 Å². The van der Waals surface area contributed by atoms with E-state index in [1.807, 2.05) is 6.92 Å². The lowest BCUT2D eigenvalue weighted by Gasteiger charge is -2.32. The summed E-state index contributed by atoms with van der Waals surface area (Å²) in [6.07, 6.45) is 2.38. The number of halogens is 1. The lowest BCUT2D eigenvalue weighted by atomic mass is 10.1. The van der Waals surface area contributed by atoms with Gasteiger partial charge >= 0.3 is 6.09 Å². The fourth-order valence-corrected chi connectivity index (χ4v) is 2.30. The van der Waals surface area contributed by atoms with Gasteiger partial charge in [-0.3, -0.25) is 4.79 Å². The van der Waals surface area contributed by atoms with Gasteiger partial charge in [-0.1, -0.05) is 6.92 Å². The SMILES string of the molecule is CCCNC(=NCC(=O)N(C)C)NC1CCN(C(=O)OCC)CC1.I. The molecule has 0 aliphatic carbocycles. The zero-order chi connectivity index (χ0) is 17.9. The minimum Gasteiger partial charge on any atom is -0.450 e. The average molecular weight is 469 g/mol. The van der Waals surface area contributed by atoms with E-state index in [-0.39, 0.29) is 48.6 Å². The van der Waals surface area contributed by atoms with Gasteiger partial charge in [-0.15, -0.1) is 24.0 Å². The molecule has 0 aromatic heterocycles. The Hall–Kier alpha value is -1.26. The van der Waals surface area contributed by atoms with Crippen LogP contribution in [0.15, 0.2) is 4.99 Å².